The summed E-state index contributed by atoms with van der Waals surface area (Å²) in [5, 5.41) is 7.79. The zero-order chi connectivity index (χ0) is 28.6. The number of anilines is 1. The van der Waals surface area contributed by atoms with Gasteiger partial charge in [-0.2, -0.15) is 18.3 Å². The third-order valence-corrected chi connectivity index (χ3v) is 7.80. The van der Waals surface area contributed by atoms with Crippen LogP contribution in [-0.4, -0.2) is 64.8 Å². The first-order chi connectivity index (χ1) is 19.8. The lowest BCUT2D eigenvalue weighted by molar-refractivity contribution is -0.137. The maximum atomic E-state index is 13.1. The summed E-state index contributed by atoms with van der Waals surface area (Å²) >= 11 is 0. The maximum absolute atomic E-state index is 13.1. The Morgan fingerprint density at radius 2 is 1.90 bits per heavy atom. The Kier molecular flexibility index (Phi) is 7.29. The predicted octanol–water partition coefficient (Wildman–Crippen LogP) is 4.56. The molecule has 0 radical (unpaired) electrons. The molecule has 8 nitrogen and oxygen atoms in total. The zero-order valence-electron chi connectivity index (χ0n) is 22.7. The summed E-state index contributed by atoms with van der Waals surface area (Å²) in [5.41, 5.74) is 4.56. The molecule has 1 aromatic carbocycles. The van der Waals surface area contributed by atoms with E-state index in [2.05, 4.69) is 15.2 Å². The number of aryl methyl sites for hydroxylation is 2. The molecular weight excluding hydrogens is 533 g/mol. The van der Waals surface area contributed by atoms with E-state index in [0.717, 1.165) is 46.3 Å². The number of furan rings is 1. The van der Waals surface area contributed by atoms with Crippen LogP contribution >= 0.6 is 0 Å². The second kappa shape index (κ2) is 11.0. The fraction of sp³-hybridized carbons (Fsp3) is 0.367. The molecular formula is C30H31F3N6O2. The van der Waals surface area contributed by atoms with Crippen LogP contribution in [0.3, 0.4) is 0 Å². The first-order valence-electron chi connectivity index (χ1n) is 13.8. The molecule has 214 valence electrons. The lowest BCUT2D eigenvalue weighted by atomic mass is 9.93. The number of benzene rings is 1. The molecule has 1 fully saturated rings. The van der Waals surface area contributed by atoms with Gasteiger partial charge in [0.15, 0.2) is 5.76 Å². The quantitative estimate of drug-likeness (QED) is 0.355. The number of rotatable bonds is 7. The van der Waals surface area contributed by atoms with Crippen molar-refractivity contribution in [3.63, 3.8) is 0 Å². The van der Waals surface area contributed by atoms with Crippen molar-refractivity contribution in [1.82, 2.24) is 25.0 Å². The average Bonchev–Trinajstić information content (AvgIpc) is 3.53. The molecule has 4 heterocycles. The highest BCUT2D eigenvalue weighted by atomic mass is 19.4. The van der Waals surface area contributed by atoms with Crippen molar-refractivity contribution < 1.29 is 22.4 Å². The molecule has 0 saturated carbocycles. The van der Waals surface area contributed by atoms with Gasteiger partial charge in [0.05, 0.1) is 23.5 Å². The minimum Gasteiger partial charge on any atom is -0.455 e. The number of nitrogens with one attached hydrogen (secondary N) is 1. The number of alkyl halides is 3. The van der Waals surface area contributed by atoms with Gasteiger partial charge in [-0.15, -0.1) is 0 Å². The number of halogens is 3. The summed E-state index contributed by atoms with van der Waals surface area (Å²) in [4.78, 5) is 21.6. The maximum Gasteiger partial charge on any atom is 0.416 e. The van der Waals surface area contributed by atoms with Gasteiger partial charge in [0.25, 0.3) is 5.91 Å². The Labute approximate surface area is 235 Å². The van der Waals surface area contributed by atoms with Crippen LogP contribution in [0.1, 0.15) is 38.7 Å². The van der Waals surface area contributed by atoms with Crippen molar-refractivity contribution in [2.45, 2.75) is 32.5 Å². The average molecular weight is 565 g/mol. The third kappa shape index (κ3) is 5.72. The number of carbonyl (C=O) groups is 1. The van der Waals surface area contributed by atoms with Gasteiger partial charge >= 0.3 is 6.18 Å². The fourth-order valence-electron chi connectivity index (χ4n) is 5.64. The highest BCUT2D eigenvalue weighted by molar-refractivity contribution is 5.95. The Balaban J connectivity index is 1.04. The van der Waals surface area contributed by atoms with E-state index < -0.39 is 11.7 Å². The number of pyridine rings is 1. The Morgan fingerprint density at radius 3 is 2.66 bits per heavy atom. The largest absolute Gasteiger partial charge is 0.455 e. The van der Waals surface area contributed by atoms with Crippen molar-refractivity contribution in [2.24, 2.45) is 0 Å². The van der Waals surface area contributed by atoms with Crippen molar-refractivity contribution in [1.29, 1.82) is 0 Å². The molecule has 1 aliphatic carbocycles. The van der Waals surface area contributed by atoms with E-state index in [4.69, 9.17) is 9.52 Å². The fourth-order valence-corrected chi connectivity index (χ4v) is 5.64. The molecule has 6 rings (SSSR count). The first-order valence-corrected chi connectivity index (χ1v) is 13.8. The highest BCUT2D eigenvalue weighted by Crippen LogP contribution is 2.38. The lowest BCUT2D eigenvalue weighted by Gasteiger charge is -2.36. The van der Waals surface area contributed by atoms with Gasteiger partial charge < -0.3 is 14.6 Å². The molecule has 3 aromatic heterocycles. The van der Waals surface area contributed by atoms with Gasteiger partial charge in [-0.05, 0) is 49.2 Å². The highest BCUT2D eigenvalue weighted by Gasteiger charge is 2.32. The molecule has 2 aliphatic rings. The Bertz CT molecular complexity index is 1540. The zero-order valence-corrected chi connectivity index (χ0v) is 22.7. The molecule has 1 amide bonds. The van der Waals surface area contributed by atoms with Gasteiger partial charge in [-0.3, -0.25) is 19.4 Å². The topological polar surface area (TPSA) is 79.4 Å². The van der Waals surface area contributed by atoms with Gasteiger partial charge in [0, 0.05) is 74.9 Å². The number of nitrogens with zero attached hydrogens (tertiary/aromatic N) is 5. The van der Waals surface area contributed by atoms with Crippen LogP contribution < -0.4 is 10.2 Å². The number of carbonyl (C=O) groups excluding carboxylic acids is 1. The molecule has 41 heavy (non-hydrogen) atoms. The third-order valence-electron chi connectivity index (χ3n) is 7.80. The Hall–Kier alpha value is -4.12. The predicted molar refractivity (Wildman–Crippen MR) is 148 cm³/mol. The second-order valence-electron chi connectivity index (χ2n) is 10.5. The summed E-state index contributed by atoms with van der Waals surface area (Å²) in [6.07, 6.45) is 0.965. The van der Waals surface area contributed by atoms with E-state index in [1.54, 1.807) is 12.3 Å². The van der Waals surface area contributed by atoms with E-state index in [-0.39, 0.29) is 5.91 Å². The minimum absolute atomic E-state index is 0.256. The SMILES string of the molecule is Cc1c(C(=O)NCCN2CCN(c3cccc(C(F)(F)F)c3)CC2)oc2c1-c1nn(Cc3ccccn3)cc1CC2. The van der Waals surface area contributed by atoms with Crippen molar-refractivity contribution >= 4 is 11.6 Å². The van der Waals surface area contributed by atoms with Crippen LogP contribution in [0.4, 0.5) is 18.9 Å². The number of fused-ring (bicyclic) bond motifs is 3. The molecule has 1 aliphatic heterocycles. The monoisotopic (exact) mass is 564 g/mol. The molecule has 0 spiro atoms. The first kappa shape index (κ1) is 27.1. The summed E-state index contributed by atoms with van der Waals surface area (Å²) in [7, 11) is 0. The van der Waals surface area contributed by atoms with E-state index >= 15 is 0 Å². The molecule has 4 aromatic rings. The van der Waals surface area contributed by atoms with Crippen molar-refractivity contribution in [2.75, 3.05) is 44.2 Å². The molecule has 0 atom stereocenters. The van der Waals surface area contributed by atoms with Crippen LogP contribution in [0, 0.1) is 6.92 Å². The molecule has 11 heteroatoms. The lowest BCUT2D eigenvalue weighted by Crippen LogP contribution is -2.48. The molecule has 1 N–H and O–H groups in total. The minimum atomic E-state index is -4.36. The van der Waals surface area contributed by atoms with Crippen LogP contribution in [0.15, 0.2) is 59.3 Å². The number of piperazine rings is 1. The van der Waals surface area contributed by atoms with Gasteiger partial charge in [-0.1, -0.05) is 12.1 Å². The number of hydrogen-bond donors (Lipinski definition) is 1. The smallest absolute Gasteiger partial charge is 0.416 e. The van der Waals surface area contributed by atoms with Gasteiger partial charge in [0.1, 0.15) is 5.76 Å². The van der Waals surface area contributed by atoms with E-state index in [1.807, 2.05) is 40.9 Å². The van der Waals surface area contributed by atoms with Crippen LogP contribution in [-0.2, 0) is 25.6 Å². The van der Waals surface area contributed by atoms with Crippen LogP contribution in [0.25, 0.3) is 11.3 Å². The normalized spacial score (nSPS) is 15.5. The van der Waals surface area contributed by atoms with E-state index in [0.29, 0.717) is 63.7 Å². The van der Waals surface area contributed by atoms with Crippen LogP contribution in [0.5, 0.6) is 0 Å². The number of aromatic nitrogens is 3. The number of amides is 1. The Morgan fingerprint density at radius 1 is 1.07 bits per heavy atom. The van der Waals surface area contributed by atoms with E-state index in [1.165, 1.54) is 12.1 Å². The summed E-state index contributed by atoms with van der Waals surface area (Å²) in [6, 6.07) is 11.3. The van der Waals surface area contributed by atoms with Gasteiger partial charge in [0.2, 0.25) is 0 Å². The summed E-state index contributed by atoms with van der Waals surface area (Å²) < 4.78 is 47.2. The number of hydrogen-bond acceptors (Lipinski definition) is 6. The van der Waals surface area contributed by atoms with Crippen LogP contribution in [0.2, 0.25) is 0 Å². The summed E-state index contributed by atoms with van der Waals surface area (Å²) in [6.45, 7) is 6.19. The standard InChI is InChI=1S/C30H31F3N6O2/c1-20-26-25(9-8-21-18-39(36-27(21)26)19-23-6-2-3-10-34-23)41-28(20)29(40)35-11-12-37-13-15-38(16-14-37)24-7-4-5-22(17-24)30(31,32)33/h2-7,10,17-18H,8-9,11-16,19H2,1H3,(H,35,40). The van der Waals surface area contributed by atoms with E-state index in [9.17, 15) is 18.0 Å². The summed E-state index contributed by atoms with van der Waals surface area (Å²) in [5.74, 6) is 0.847. The molecule has 1 saturated heterocycles. The second-order valence-corrected chi connectivity index (χ2v) is 10.5. The van der Waals surface area contributed by atoms with Crippen molar-refractivity contribution in [3.8, 4) is 11.3 Å². The van der Waals surface area contributed by atoms with Crippen molar-refractivity contribution in [3.05, 3.63) is 88.8 Å². The molecule has 0 bridgehead atoms. The van der Waals surface area contributed by atoms with Gasteiger partial charge in [-0.25, -0.2) is 0 Å². The molecule has 0 unspecified atom stereocenters.